The van der Waals surface area contributed by atoms with E-state index in [0.29, 0.717) is 15.6 Å². The number of anilines is 1. The molecule has 4 nitrogen and oxygen atoms in total. The molecule has 1 aromatic carbocycles. The third-order valence-electron chi connectivity index (χ3n) is 2.46. The number of amides is 1. The van der Waals surface area contributed by atoms with E-state index in [1.807, 2.05) is 25.1 Å². The van der Waals surface area contributed by atoms with Crippen molar-refractivity contribution >= 4 is 28.2 Å². The van der Waals surface area contributed by atoms with Crippen molar-refractivity contribution in [2.24, 2.45) is 0 Å². The van der Waals surface area contributed by atoms with Crippen LogP contribution in [0.4, 0.5) is 5.13 Å². The summed E-state index contributed by atoms with van der Waals surface area (Å²) in [6.45, 7) is 3.35. The smallest absolute Gasteiger partial charge is 0.257 e. The molecule has 0 aliphatic heterocycles. The van der Waals surface area contributed by atoms with Gasteiger partial charge < -0.3 is 0 Å². The van der Waals surface area contributed by atoms with Crippen LogP contribution in [0.1, 0.15) is 32.5 Å². The SMILES string of the molecule is CC(=O)c1cnc(NC(=O)c2ccccc2C)s1. The molecule has 1 N–H and O–H groups in total. The molecule has 2 rings (SSSR count). The topological polar surface area (TPSA) is 59.1 Å². The van der Waals surface area contributed by atoms with Gasteiger partial charge in [0.1, 0.15) is 0 Å². The normalized spacial score (nSPS) is 10.1. The van der Waals surface area contributed by atoms with E-state index < -0.39 is 0 Å². The first-order valence-corrected chi connectivity index (χ1v) is 6.23. The Kier molecular flexibility index (Phi) is 3.53. The lowest BCUT2D eigenvalue weighted by Crippen LogP contribution is -2.12. The number of nitrogens with zero attached hydrogens (tertiary/aromatic N) is 1. The molecule has 0 aliphatic rings. The maximum Gasteiger partial charge on any atom is 0.257 e. The van der Waals surface area contributed by atoms with Crippen molar-refractivity contribution in [1.29, 1.82) is 0 Å². The first-order valence-electron chi connectivity index (χ1n) is 5.41. The largest absolute Gasteiger partial charge is 0.298 e. The number of aromatic nitrogens is 1. The molecule has 0 aliphatic carbocycles. The highest BCUT2D eigenvalue weighted by Crippen LogP contribution is 2.19. The number of rotatable bonds is 3. The zero-order valence-electron chi connectivity index (χ0n) is 10.1. The number of Topliss-reactive ketones (excluding diaryl/α,β-unsaturated/α-hetero) is 1. The number of benzene rings is 1. The van der Waals surface area contributed by atoms with Crippen LogP contribution >= 0.6 is 11.3 Å². The summed E-state index contributed by atoms with van der Waals surface area (Å²) in [5.41, 5.74) is 1.51. The van der Waals surface area contributed by atoms with Gasteiger partial charge in [-0.1, -0.05) is 29.5 Å². The van der Waals surface area contributed by atoms with E-state index in [9.17, 15) is 9.59 Å². The van der Waals surface area contributed by atoms with Gasteiger partial charge in [0.15, 0.2) is 10.9 Å². The fourth-order valence-corrected chi connectivity index (χ4v) is 2.19. The number of aryl methyl sites for hydroxylation is 1. The Morgan fingerprint density at radius 1 is 1.28 bits per heavy atom. The number of ketones is 1. The molecule has 0 spiro atoms. The highest BCUT2D eigenvalue weighted by atomic mass is 32.1. The first kappa shape index (κ1) is 12.4. The molecule has 0 saturated heterocycles. The van der Waals surface area contributed by atoms with Crippen molar-refractivity contribution in [1.82, 2.24) is 4.98 Å². The summed E-state index contributed by atoms with van der Waals surface area (Å²) in [4.78, 5) is 27.6. The number of carbonyl (C=O) groups excluding carboxylic acids is 2. The minimum atomic E-state index is -0.211. The van der Waals surface area contributed by atoms with Crippen LogP contribution in [0, 0.1) is 6.92 Å². The van der Waals surface area contributed by atoms with Crippen molar-refractivity contribution in [3.63, 3.8) is 0 Å². The zero-order valence-corrected chi connectivity index (χ0v) is 10.9. The number of hydrogen-bond acceptors (Lipinski definition) is 4. The summed E-state index contributed by atoms with van der Waals surface area (Å²) in [7, 11) is 0. The molecule has 1 amide bonds. The van der Waals surface area contributed by atoms with Crippen molar-refractivity contribution < 1.29 is 9.59 Å². The van der Waals surface area contributed by atoms with Crippen LogP contribution in [0.15, 0.2) is 30.5 Å². The average molecular weight is 260 g/mol. The second kappa shape index (κ2) is 5.10. The van der Waals surface area contributed by atoms with Crippen molar-refractivity contribution in [3.8, 4) is 0 Å². The Morgan fingerprint density at radius 3 is 2.61 bits per heavy atom. The van der Waals surface area contributed by atoms with Crippen LogP contribution in [0.2, 0.25) is 0 Å². The molecule has 0 radical (unpaired) electrons. The van der Waals surface area contributed by atoms with Crippen molar-refractivity contribution in [2.75, 3.05) is 5.32 Å². The van der Waals surface area contributed by atoms with E-state index >= 15 is 0 Å². The van der Waals surface area contributed by atoms with E-state index in [0.717, 1.165) is 5.56 Å². The molecular weight excluding hydrogens is 248 g/mol. The van der Waals surface area contributed by atoms with Crippen molar-refractivity contribution in [2.45, 2.75) is 13.8 Å². The third kappa shape index (κ3) is 2.62. The van der Waals surface area contributed by atoms with E-state index in [-0.39, 0.29) is 11.7 Å². The van der Waals surface area contributed by atoms with Crippen LogP contribution < -0.4 is 5.32 Å². The maximum absolute atomic E-state index is 12.0. The third-order valence-corrected chi connectivity index (χ3v) is 3.48. The number of hydrogen-bond donors (Lipinski definition) is 1. The Balaban J connectivity index is 2.16. The van der Waals surface area contributed by atoms with Gasteiger partial charge in [-0.15, -0.1) is 0 Å². The highest BCUT2D eigenvalue weighted by Gasteiger charge is 2.12. The number of thiazole rings is 1. The summed E-state index contributed by atoms with van der Waals surface area (Å²) in [5, 5.41) is 3.13. The molecule has 0 atom stereocenters. The van der Waals surface area contributed by atoms with Gasteiger partial charge in [0.2, 0.25) is 0 Å². The van der Waals surface area contributed by atoms with Crippen LogP contribution in [-0.4, -0.2) is 16.7 Å². The molecule has 1 aromatic heterocycles. The molecule has 0 saturated carbocycles. The Bertz CT molecular complexity index is 605. The molecule has 0 bridgehead atoms. The minimum Gasteiger partial charge on any atom is -0.298 e. The van der Waals surface area contributed by atoms with Crippen LogP contribution in [-0.2, 0) is 0 Å². The van der Waals surface area contributed by atoms with E-state index in [1.165, 1.54) is 24.5 Å². The molecule has 2 aromatic rings. The fraction of sp³-hybridized carbons (Fsp3) is 0.154. The van der Waals surface area contributed by atoms with Crippen LogP contribution in [0.3, 0.4) is 0 Å². The molecule has 0 fully saturated rings. The fourth-order valence-electron chi connectivity index (χ4n) is 1.49. The minimum absolute atomic E-state index is 0.0520. The van der Waals surface area contributed by atoms with E-state index in [1.54, 1.807) is 6.07 Å². The standard InChI is InChI=1S/C13H12N2O2S/c1-8-5-3-4-6-10(8)12(17)15-13-14-7-11(18-13)9(2)16/h3-7H,1-2H3,(H,14,15,17). The first-order chi connectivity index (χ1) is 8.58. The molecule has 5 heteroatoms. The average Bonchev–Trinajstić information content (AvgIpc) is 2.78. The van der Waals surface area contributed by atoms with Gasteiger partial charge in [-0.25, -0.2) is 4.98 Å². The molecule has 1 heterocycles. The summed E-state index contributed by atoms with van der Waals surface area (Å²) in [6.07, 6.45) is 1.47. The lowest BCUT2D eigenvalue weighted by atomic mass is 10.1. The van der Waals surface area contributed by atoms with Gasteiger partial charge in [0.25, 0.3) is 5.91 Å². The quantitative estimate of drug-likeness (QED) is 0.863. The lowest BCUT2D eigenvalue weighted by Gasteiger charge is -2.04. The second-order valence-electron chi connectivity index (χ2n) is 3.85. The molecular formula is C13H12N2O2S. The van der Waals surface area contributed by atoms with E-state index in [2.05, 4.69) is 10.3 Å². The van der Waals surface area contributed by atoms with Gasteiger partial charge in [0.05, 0.1) is 11.1 Å². The van der Waals surface area contributed by atoms with E-state index in [4.69, 9.17) is 0 Å². The van der Waals surface area contributed by atoms with Gasteiger partial charge in [-0.3, -0.25) is 14.9 Å². The highest BCUT2D eigenvalue weighted by molar-refractivity contribution is 7.17. The predicted octanol–water partition coefficient (Wildman–Crippen LogP) is 2.91. The summed E-state index contributed by atoms with van der Waals surface area (Å²) in [6, 6.07) is 7.32. The molecule has 92 valence electrons. The zero-order chi connectivity index (χ0) is 13.1. The van der Waals surface area contributed by atoms with Crippen LogP contribution in [0.5, 0.6) is 0 Å². The molecule has 18 heavy (non-hydrogen) atoms. The summed E-state index contributed by atoms with van der Waals surface area (Å²) >= 11 is 1.18. The molecule has 0 unspecified atom stereocenters. The van der Waals surface area contributed by atoms with Gasteiger partial charge in [-0.2, -0.15) is 0 Å². The lowest BCUT2D eigenvalue weighted by molar-refractivity contribution is 0.101. The van der Waals surface area contributed by atoms with Crippen molar-refractivity contribution in [3.05, 3.63) is 46.5 Å². The maximum atomic E-state index is 12.0. The second-order valence-corrected chi connectivity index (χ2v) is 4.89. The Labute approximate surface area is 109 Å². The van der Waals surface area contributed by atoms with Crippen LogP contribution in [0.25, 0.3) is 0 Å². The van der Waals surface area contributed by atoms with Gasteiger partial charge in [0, 0.05) is 12.5 Å². The number of carbonyl (C=O) groups is 2. The Morgan fingerprint density at radius 2 is 2.00 bits per heavy atom. The monoisotopic (exact) mass is 260 g/mol. The summed E-state index contributed by atoms with van der Waals surface area (Å²) in [5.74, 6) is -0.263. The summed E-state index contributed by atoms with van der Waals surface area (Å²) < 4.78 is 0. The van der Waals surface area contributed by atoms with Gasteiger partial charge in [-0.05, 0) is 18.6 Å². The number of nitrogens with one attached hydrogen (secondary N) is 1. The Hall–Kier alpha value is -2.01. The predicted molar refractivity (Wildman–Crippen MR) is 71.3 cm³/mol. The van der Waals surface area contributed by atoms with Gasteiger partial charge >= 0.3 is 0 Å².